The van der Waals surface area contributed by atoms with Gasteiger partial charge in [-0.1, -0.05) is 0 Å². The highest BCUT2D eigenvalue weighted by Gasteiger charge is 2.23. The molecule has 2 fully saturated rings. The van der Waals surface area contributed by atoms with Crippen LogP contribution in [0.25, 0.3) is 0 Å². The average Bonchev–Trinajstić information content (AvgIpc) is 3.37. The van der Waals surface area contributed by atoms with Gasteiger partial charge in [0.25, 0.3) is 0 Å². The minimum atomic E-state index is 0.278. The molecule has 0 bridgehead atoms. The number of piperidine rings is 1. The lowest BCUT2D eigenvalue weighted by molar-refractivity contribution is -0.109. The van der Waals surface area contributed by atoms with E-state index in [9.17, 15) is 4.79 Å². The van der Waals surface area contributed by atoms with E-state index in [0.717, 1.165) is 71.9 Å². The van der Waals surface area contributed by atoms with Crippen molar-refractivity contribution in [1.82, 2.24) is 14.9 Å². The van der Waals surface area contributed by atoms with Gasteiger partial charge in [0.15, 0.2) is 16.7 Å². The molecule has 1 N–H and O–H groups in total. The second-order valence-electron chi connectivity index (χ2n) is 7.47. The molecule has 2 aromatic rings. The van der Waals surface area contributed by atoms with Crippen molar-refractivity contribution in [2.45, 2.75) is 50.5 Å². The number of hydrogen-bond donors (Lipinski definition) is 1. The molecule has 28 heavy (non-hydrogen) atoms. The van der Waals surface area contributed by atoms with Gasteiger partial charge in [-0.15, -0.1) is 11.3 Å². The third kappa shape index (κ3) is 4.90. The van der Waals surface area contributed by atoms with Crippen molar-refractivity contribution < 1.29 is 9.53 Å². The summed E-state index contributed by atoms with van der Waals surface area (Å²) in [4.78, 5) is 22.2. The fourth-order valence-electron chi connectivity index (χ4n) is 3.94. The van der Waals surface area contributed by atoms with Gasteiger partial charge < -0.3 is 14.8 Å². The van der Waals surface area contributed by atoms with Gasteiger partial charge in [-0.25, -0.2) is 9.97 Å². The zero-order valence-corrected chi connectivity index (χ0v) is 18.2. The maximum atomic E-state index is 10.7. The Hall–Kier alpha value is -1.51. The Bertz CT molecular complexity index is 801. The van der Waals surface area contributed by atoms with Crippen LogP contribution in [-0.4, -0.2) is 46.9 Å². The number of rotatable bonds is 7. The molecule has 1 saturated carbocycles. The predicted molar refractivity (Wildman–Crippen MR) is 115 cm³/mol. The summed E-state index contributed by atoms with van der Waals surface area (Å²) in [5, 5.41) is 6.34. The molecule has 150 valence electrons. The van der Waals surface area contributed by atoms with Gasteiger partial charge in [0.05, 0.1) is 18.3 Å². The minimum Gasteiger partial charge on any atom is -0.487 e. The number of ether oxygens (including phenoxy) is 1. The van der Waals surface area contributed by atoms with Crippen molar-refractivity contribution in [2.24, 2.45) is 0 Å². The Balaban J connectivity index is 1.42. The normalized spacial score (nSPS) is 19.0. The van der Waals surface area contributed by atoms with E-state index in [1.807, 2.05) is 6.07 Å². The number of anilines is 2. The van der Waals surface area contributed by atoms with E-state index < -0.39 is 0 Å². The van der Waals surface area contributed by atoms with Crippen LogP contribution in [0, 0.1) is 0 Å². The van der Waals surface area contributed by atoms with Gasteiger partial charge in [0.2, 0.25) is 0 Å². The summed E-state index contributed by atoms with van der Waals surface area (Å²) in [5.41, 5.74) is 1.13. The number of pyridine rings is 1. The van der Waals surface area contributed by atoms with Crippen LogP contribution in [0.5, 0.6) is 5.75 Å². The fraction of sp³-hybridized carbons (Fsp3) is 0.550. The molecule has 1 saturated heterocycles. The smallest absolute Gasteiger partial charge is 0.188 e. The Labute approximate surface area is 177 Å². The summed E-state index contributed by atoms with van der Waals surface area (Å²) < 4.78 is 7.12. The lowest BCUT2D eigenvalue weighted by Gasteiger charge is -2.29. The van der Waals surface area contributed by atoms with Crippen molar-refractivity contribution in [2.75, 3.05) is 25.0 Å². The third-order valence-electron chi connectivity index (χ3n) is 5.50. The van der Waals surface area contributed by atoms with Crippen LogP contribution in [0.15, 0.2) is 22.1 Å². The van der Waals surface area contributed by atoms with Crippen molar-refractivity contribution in [3.8, 4) is 5.75 Å². The van der Waals surface area contributed by atoms with Crippen LogP contribution in [0.3, 0.4) is 0 Å². The SMILES string of the molecule is O=CCN1CCC(c2csc(Nc3ncc(Br)cc3OC3CCCC3)n2)CC1. The first kappa shape index (κ1) is 19.8. The molecule has 8 heteroatoms. The van der Waals surface area contributed by atoms with E-state index in [4.69, 9.17) is 9.72 Å². The van der Waals surface area contributed by atoms with Crippen LogP contribution in [0.1, 0.15) is 50.1 Å². The monoisotopic (exact) mass is 464 g/mol. The predicted octanol–water partition coefficient (Wildman–Crippen LogP) is 4.74. The minimum absolute atomic E-state index is 0.278. The Morgan fingerprint density at radius 2 is 2.07 bits per heavy atom. The number of thiazole rings is 1. The summed E-state index contributed by atoms with van der Waals surface area (Å²) in [6.07, 6.45) is 9.81. The van der Waals surface area contributed by atoms with Gasteiger partial charge in [0, 0.05) is 22.0 Å². The number of aldehydes is 1. The standard InChI is InChI=1S/C20H25BrN4O2S/c21-15-11-18(27-16-3-1-2-4-16)19(22-12-15)24-20-23-17(13-28-20)14-5-7-25(8-6-14)9-10-26/h10-14,16H,1-9H2,(H,22,23,24). The highest BCUT2D eigenvalue weighted by Crippen LogP contribution is 2.35. The number of hydrogen-bond acceptors (Lipinski definition) is 7. The third-order valence-corrected chi connectivity index (χ3v) is 6.71. The van der Waals surface area contributed by atoms with Crippen LogP contribution >= 0.6 is 27.3 Å². The molecule has 4 rings (SSSR count). The largest absolute Gasteiger partial charge is 0.487 e. The molecule has 2 aliphatic rings. The van der Waals surface area contributed by atoms with Crippen molar-refractivity contribution in [1.29, 1.82) is 0 Å². The lowest BCUT2D eigenvalue weighted by Crippen LogP contribution is -2.34. The highest BCUT2D eigenvalue weighted by atomic mass is 79.9. The molecule has 0 spiro atoms. The van der Waals surface area contributed by atoms with Gasteiger partial charge in [-0.2, -0.15) is 0 Å². The van der Waals surface area contributed by atoms with Crippen molar-refractivity contribution in [3.05, 3.63) is 27.8 Å². The second-order valence-corrected chi connectivity index (χ2v) is 9.24. The van der Waals surface area contributed by atoms with Crippen LogP contribution in [-0.2, 0) is 4.79 Å². The molecule has 0 radical (unpaired) electrons. The number of nitrogens with zero attached hydrogens (tertiary/aromatic N) is 3. The number of carbonyl (C=O) groups excluding carboxylic acids is 1. The molecule has 0 atom stereocenters. The molecule has 0 unspecified atom stereocenters. The number of nitrogens with one attached hydrogen (secondary N) is 1. The van der Waals surface area contributed by atoms with Crippen LogP contribution in [0.2, 0.25) is 0 Å². The Morgan fingerprint density at radius 3 is 2.82 bits per heavy atom. The van der Waals surface area contributed by atoms with Gasteiger partial charge in [-0.3, -0.25) is 4.90 Å². The van der Waals surface area contributed by atoms with Crippen molar-refractivity contribution >= 4 is 44.5 Å². The molecule has 6 nitrogen and oxygen atoms in total. The molecular weight excluding hydrogens is 440 g/mol. The van der Waals surface area contributed by atoms with E-state index >= 15 is 0 Å². The Kier molecular flexibility index (Phi) is 6.59. The van der Waals surface area contributed by atoms with Crippen LogP contribution in [0.4, 0.5) is 10.9 Å². The first-order valence-electron chi connectivity index (χ1n) is 9.92. The van der Waals surface area contributed by atoms with Crippen molar-refractivity contribution in [3.63, 3.8) is 0 Å². The highest BCUT2D eigenvalue weighted by molar-refractivity contribution is 9.10. The zero-order chi connectivity index (χ0) is 19.3. The number of likely N-dealkylation sites (tertiary alicyclic amines) is 1. The maximum absolute atomic E-state index is 10.7. The zero-order valence-electron chi connectivity index (χ0n) is 15.8. The number of carbonyl (C=O) groups is 1. The van der Waals surface area contributed by atoms with Gasteiger partial charge in [0.1, 0.15) is 6.29 Å². The fourth-order valence-corrected chi connectivity index (χ4v) is 5.04. The van der Waals surface area contributed by atoms with E-state index in [-0.39, 0.29) is 6.10 Å². The molecule has 1 aliphatic carbocycles. The summed E-state index contributed by atoms with van der Waals surface area (Å²) in [5.74, 6) is 1.96. The molecule has 2 aromatic heterocycles. The molecular formula is C20H25BrN4O2S. The average molecular weight is 465 g/mol. The molecule has 0 aromatic carbocycles. The van der Waals surface area contributed by atoms with Crippen LogP contribution < -0.4 is 10.1 Å². The van der Waals surface area contributed by atoms with E-state index in [1.165, 1.54) is 12.8 Å². The lowest BCUT2D eigenvalue weighted by atomic mass is 9.94. The first-order valence-corrected chi connectivity index (χ1v) is 11.6. The van der Waals surface area contributed by atoms with E-state index in [1.54, 1.807) is 17.5 Å². The van der Waals surface area contributed by atoms with Gasteiger partial charge >= 0.3 is 0 Å². The number of halogens is 1. The number of aromatic nitrogens is 2. The summed E-state index contributed by atoms with van der Waals surface area (Å²) in [7, 11) is 0. The van der Waals surface area contributed by atoms with E-state index in [2.05, 4.69) is 36.5 Å². The Morgan fingerprint density at radius 1 is 1.29 bits per heavy atom. The van der Waals surface area contributed by atoms with E-state index in [0.29, 0.717) is 12.5 Å². The molecule has 1 aliphatic heterocycles. The first-order chi connectivity index (χ1) is 13.7. The summed E-state index contributed by atoms with van der Waals surface area (Å²) >= 11 is 5.10. The topological polar surface area (TPSA) is 67.4 Å². The quantitative estimate of drug-likeness (QED) is 0.596. The maximum Gasteiger partial charge on any atom is 0.188 e. The summed E-state index contributed by atoms with van der Waals surface area (Å²) in [6.45, 7) is 2.45. The van der Waals surface area contributed by atoms with Gasteiger partial charge in [-0.05, 0) is 73.6 Å². The molecule has 0 amide bonds. The molecule has 3 heterocycles. The second kappa shape index (κ2) is 9.33. The summed E-state index contributed by atoms with van der Waals surface area (Å²) in [6, 6.07) is 1.98.